The maximum atomic E-state index is 8.86. The zero-order valence-corrected chi connectivity index (χ0v) is 8.37. The van der Waals surface area contributed by atoms with E-state index in [1.54, 1.807) is 0 Å². The first-order chi connectivity index (χ1) is 6.72. The molecule has 0 fully saturated rings. The first kappa shape index (κ1) is 9.21. The third-order valence-electron chi connectivity index (χ3n) is 2.34. The highest BCUT2D eigenvalue weighted by molar-refractivity contribution is 5.83. The summed E-state index contributed by atoms with van der Waals surface area (Å²) in [5.41, 5.74) is 3.98. The van der Waals surface area contributed by atoms with Crippen LogP contribution < -0.4 is 0 Å². The summed E-state index contributed by atoms with van der Waals surface area (Å²) in [5, 5.41) is 13.9. The van der Waals surface area contributed by atoms with Gasteiger partial charge in [0.1, 0.15) is 0 Å². The molecule has 2 rings (SSSR count). The van der Waals surface area contributed by atoms with E-state index in [1.165, 1.54) is 5.56 Å². The minimum absolute atomic E-state index is 0.106. The van der Waals surface area contributed by atoms with Crippen molar-refractivity contribution in [3.8, 4) is 0 Å². The SMILES string of the molecule is Cc1cc(C)c2c(CCO)noc2c1. The molecule has 1 aromatic heterocycles. The second kappa shape index (κ2) is 3.42. The van der Waals surface area contributed by atoms with E-state index in [4.69, 9.17) is 9.63 Å². The van der Waals surface area contributed by atoms with E-state index in [9.17, 15) is 0 Å². The number of hydrogen-bond acceptors (Lipinski definition) is 3. The van der Waals surface area contributed by atoms with Crippen LogP contribution in [0.4, 0.5) is 0 Å². The summed E-state index contributed by atoms with van der Waals surface area (Å²) in [7, 11) is 0. The van der Waals surface area contributed by atoms with E-state index >= 15 is 0 Å². The second-order valence-corrected chi connectivity index (χ2v) is 3.56. The summed E-state index contributed by atoms with van der Waals surface area (Å²) < 4.78 is 5.20. The monoisotopic (exact) mass is 191 g/mol. The lowest BCUT2D eigenvalue weighted by molar-refractivity contribution is 0.295. The van der Waals surface area contributed by atoms with Gasteiger partial charge in [0.2, 0.25) is 0 Å². The fourth-order valence-corrected chi connectivity index (χ4v) is 1.80. The first-order valence-electron chi connectivity index (χ1n) is 4.68. The summed E-state index contributed by atoms with van der Waals surface area (Å²) in [5.74, 6) is 0. The number of rotatable bonds is 2. The summed E-state index contributed by atoms with van der Waals surface area (Å²) >= 11 is 0. The molecule has 3 nitrogen and oxygen atoms in total. The zero-order chi connectivity index (χ0) is 10.1. The van der Waals surface area contributed by atoms with Gasteiger partial charge >= 0.3 is 0 Å². The fraction of sp³-hybridized carbons (Fsp3) is 0.364. The Bertz CT molecular complexity index is 460. The van der Waals surface area contributed by atoms with Gasteiger partial charge in [-0.1, -0.05) is 11.2 Å². The summed E-state index contributed by atoms with van der Waals surface area (Å²) in [6, 6.07) is 4.07. The molecule has 0 bridgehead atoms. The standard InChI is InChI=1S/C11H13NO2/c1-7-5-8(2)11-9(3-4-13)12-14-10(11)6-7/h5-6,13H,3-4H2,1-2H3. The molecule has 3 heteroatoms. The highest BCUT2D eigenvalue weighted by Crippen LogP contribution is 2.24. The largest absolute Gasteiger partial charge is 0.396 e. The number of aryl methyl sites for hydroxylation is 2. The van der Waals surface area contributed by atoms with Crippen molar-refractivity contribution in [1.82, 2.24) is 5.16 Å². The molecule has 0 saturated heterocycles. The summed E-state index contributed by atoms with van der Waals surface area (Å²) in [6.07, 6.45) is 0.552. The Morgan fingerprint density at radius 3 is 2.86 bits per heavy atom. The van der Waals surface area contributed by atoms with Crippen LogP contribution in [0.1, 0.15) is 16.8 Å². The van der Waals surface area contributed by atoms with Gasteiger partial charge in [0.15, 0.2) is 5.58 Å². The molecule has 0 saturated carbocycles. The average Bonchev–Trinajstić information content (AvgIpc) is 2.49. The van der Waals surface area contributed by atoms with Crippen LogP contribution in [-0.2, 0) is 6.42 Å². The van der Waals surface area contributed by atoms with Gasteiger partial charge in [-0.2, -0.15) is 0 Å². The number of hydrogen-bond donors (Lipinski definition) is 1. The van der Waals surface area contributed by atoms with Crippen molar-refractivity contribution in [1.29, 1.82) is 0 Å². The van der Waals surface area contributed by atoms with Crippen molar-refractivity contribution in [2.75, 3.05) is 6.61 Å². The Labute approximate surface area is 82.3 Å². The van der Waals surface area contributed by atoms with Crippen LogP contribution in [0.5, 0.6) is 0 Å². The maximum absolute atomic E-state index is 8.86. The highest BCUT2D eigenvalue weighted by atomic mass is 16.5. The van der Waals surface area contributed by atoms with E-state index in [0.29, 0.717) is 6.42 Å². The molecule has 0 radical (unpaired) electrons. The van der Waals surface area contributed by atoms with E-state index in [0.717, 1.165) is 22.2 Å². The predicted molar refractivity (Wildman–Crippen MR) is 54.3 cm³/mol. The molecule has 1 aromatic carbocycles. The van der Waals surface area contributed by atoms with E-state index in [-0.39, 0.29) is 6.61 Å². The van der Waals surface area contributed by atoms with Crippen LogP contribution in [0.2, 0.25) is 0 Å². The number of aromatic nitrogens is 1. The van der Waals surface area contributed by atoms with Crippen LogP contribution in [0, 0.1) is 13.8 Å². The molecule has 1 heterocycles. The molecular weight excluding hydrogens is 178 g/mol. The lowest BCUT2D eigenvalue weighted by Gasteiger charge is -1.98. The van der Waals surface area contributed by atoms with Gasteiger partial charge in [-0.3, -0.25) is 0 Å². The Hall–Kier alpha value is -1.35. The number of fused-ring (bicyclic) bond motifs is 1. The Kier molecular flexibility index (Phi) is 2.25. The predicted octanol–water partition coefficient (Wildman–Crippen LogP) is 1.98. The molecule has 74 valence electrons. The van der Waals surface area contributed by atoms with Crippen molar-refractivity contribution in [2.24, 2.45) is 0 Å². The normalized spacial score (nSPS) is 11.1. The van der Waals surface area contributed by atoms with Crippen molar-refractivity contribution < 1.29 is 9.63 Å². The smallest absolute Gasteiger partial charge is 0.167 e. The van der Waals surface area contributed by atoms with Gasteiger partial charge in [-0.25, -0.2) is 0 Å². The molecule has 0 atom stereocenters. The third-order valence-corrected chi connectivity index (χ3v) is 2.34. The van der Waals surface area contributed by atoms with Crippen molar-refractivity contribution in [3.63, 3.8) is 0 Å². The zero-order valence-electron chi connectivity index (χ0n) is 8.37. The molecular formula is C11H13NO2. The van der Waals surface area contributed by atoms with Crippen LogP contribution in [0.15, 0.2) is 16.7 Å². The number of benzene rings is 1. The lowest BCUT2D eigenvalue weighted by atomic mass is 10.1. The topological polar surface area (TPSA) is 46.3 Å². The van der Waals surface area contributed by atoms with Gasteiger partial charge in [-0.15, -0.1) is 0 Å². The maximum Gasteiger partial charge on any atom is 0.167 e. The van der Waals surface area contributed by atoms with Crippen LogP contribution >= 0.6 is 0 Å². The van der Waals surface area contributed by atoms with Crippen LogP contribution in [0.3, 0.4) is 0 Å². The molecule has 14 heavy (non-hydrogen) atoms. The van der Waals surface area contributed by atoms with Gasteiger partial charge in [0.25, 0.3) is 0 Å². The van der Waals surface area contributed by atoms with Gasteiger partial charge < -0.3 is 9.63 Å². The number of aliphatic hydroxyl groups excluding tert-OH is 1. The minimum Gasteiger partial charge on any atom is -0.396 e. The molecule has 0 amide bonds. The van der Waals surface area contributed by atoms with E-state index in [2.05, 4.69) is 11.2 Å². The van der Waals surface area contributed by atoms with Crippen molar-refractivity contribution >= 4 is 11.0 Å². The summed E-state index contributed by atoms with van der Waals surface area (Å²) in [4.78, 5) is 0. The Balaban J connectivity index is 2.66. The van der Waals surface area contributed by atoms with E-state index in [1.807, 2.05) is 19.9 Å². The molecule has 0 aliphatic heterocycles. The van der Waals surface area contributed by atoms with E-state index < -0.39 is 0 Å². The molecule has 0 unspecified atom stereocenters. The Morgan fingerprint density at radius 2 is 2.14 bits per heavy atom. The average molecular weight is 191 g/mol. The van der Waals surface area contributed by atoms with Crippen molar-refractivity contribution in [2.45, 2.75) is 20.3 Å². The molecule has 0 aliphatic rings. The molecule has 0 spiro atoms. The Morgan fingerprint density at radius 1 is 1.36 bits per heavy atom. The number of nitrogens with zero attached hydrogens (tertiary/aromatic N) is 1. The fourth-order valence-electron chi connectivity index (χ4n) is 1.80. The second-order valence-electron chi connectivity index (χ2n) is 3.56. The van der Waals surface area contributed by atoms with Crippen LogP contribution in [0.25, 0.3) is 11.0 Å². The van der Waals surface area contributed by atoms with Gasteiger partial charge in [0, 0.05) is 18.4 Å². The van der Waals surface area contributed by atoms with Gasteiger partial charge in [0.05, 0.1) is 5.69 Å². The quantitative estimate of drug-likeness (QED) is 0.789. The van der Waals surface area contributed by atoms with Crippen LogP contribution in [-0.4, -0.2) is 16.9 Å². The number of aliphatic hydroxyl groups is 1. The third kappa shape index (κ3) is 1.40. The minimum atomic E-state index is 0.106. The van der Waals surface area contributed by atoms with Crippen molar-refractivity contribution in [3.05, 3.63) is 29.0 Å². The highest BCUT2D eigenvalue weighted by Gasteiger charge is 2.10. The molecule has 1 N–H and O–H groups in total. The molecule has 2 aromatic rings. The van der Waals surface area contributed by atoms with Gasteiger partial charge in [-0.05, 0) is 31.0 Å². The first-order valence-corrected chi connectivity index (χ1v) is 4.68. The summed E-state index contributed by atoms with van der Waals surface area (Å²) in [6.45, 7) is 4.17. The molecule has 0 aliphatic carbocycles. The lowest BCUT2D eigenvalue weighted by Crippen LogP contribution is -1.92.